The van der Waals surface area contributed by atoms with Gasteiger partial charge in [0.25, 0.3) is 0 Å². The molecule has 0 radical (unpaired) electrons. The van der Waals surface area contributed by atoms with Gasteiger partial charge < -0.3 is 14.9 Å². The molecule has 1 N–H and O–H groups in total. The van der Waals surface area contributed by atoms with Gasteiger partial charge in [-0.3, -0.25) is 9.69 Å². The average Bonchev–Trinajstić information content (AvgIpc) is 2.65. The van der Waals surface area contributed by atoms with Crippen LogP contribution in [0.15, 0.2) is 0 Å². The maximum Gasteiger partial charge on any atom is 0.407 e. The van der Waals surface area contributed by atoms with Crippen molar-refractivity contribution in [3.63, 3.8) is 0 Å². The number of amides is 2. The van der Waals surface area contributed by atoms with Crippen molar-refractivity contribution in [2.24, 2.45) is 11.8 Å². The summed E-state index contributed by atoms with van der Waals surface area (Å²) in [5.74, 6) is 1.32. The summed E-state index contributed by atoms with van der Waals surface area (Å²) in [5.41, 5.74) is -0.153. The molecular formula is C20H33N3O3. The van der Waals surface area contributed by atoms with Crippen LogP contribution in [0.5, 0.6) is 0 Å². The second-order valence-electron chi connectivity index (χ2n) is 9.01. The molecule has 3 unspecified atom stereocenters. The molecule has 2 bridgehead atoms. The highest BCUT2D eigenvalue weighted by molar-refractivity contribution is 5.76. The number of carbonyl (C=O) groups excluding carboxylic acids is 1. The van der Waals surface area contributed by atoms with Crippen molar-refractivity contribution in [3.8, 4) is 0 Å². The van der Waals surface area contributed by atoms with Crippen LogP contribution in [0.3, 0.4) is 0 Å². The Kier molecular flexibility index (Phi) is 4.88. The maximum absolute atomic E-state index is 12.5. The summed E-state index contributed by atoms with van der Waals surface area (Å²) < 4.78 is 0. The third-order valence-electron chi connectivity index (χ3n) is 7.62. The summed E-state index contributed by atoms with van der Waals surface area (Å²) in [6.45, 7) is 6.77. The molecule has 2 amide bonds. The first-order valence-corrected chi connectivity index (χ1v) is 10.5. The number of hydrogen-bond acceptors (Lipinski definition) is 3. The van der Waals surface area contributed by atoms with Gasteiger partial charge in [0.2, 0.25) is 5.91 Å². The van der Waals surface area contributed by atoms with E-state index in [0.29, 0.717) is 36.8 Å². The van der Waals surface area contributed by atoms with Crippen LogP contribution in [0.25, 0.3) is 0 Å². The van der Waals surface area contributed by atoms with E-state index in [1.165, 1.54) is 6.42 Å². The van der Waals surface area contributed by atoms with Crippen molar-refractivity contribution in [3.05, 3.63) is 0 Å². The van der Waals surface area contributed by atoms with Gasteiger partial charge in [-0.1, -0.05) is 6.92 Å². The van der Waals surface area contributed by atoms with Gasteiger partial charge in [0.1, 0.15) is 0 Å². The van der Waals surface area contributed by atoms with Crippen molar-refractivity contribution in [1.29, 1.82) is 0 Å². The number of likely N-dealkylation sites (tertiary alicyclic amines) is 2. The second-order valence-corrected chi connectivity index (χ2v) is 9.01. The molecule has 26 heavy (non-hydrogen) atoms. The Balaban J connectivity index is 1.31. The predicted octanol–water partition coefficient (Wildman–Crippen LogP) is 2.63. The van der Waals surface area contributed by atoms with E-state index in [1.807, 2.05) is 0 Å². The normalized spacial score (nSPS) is 35.4. The van der Waals surface area contributed by atoms with E-state index in [-0.39, 0.29) is 5.54 Å². The number of hydrogen-bond donors (Lipinski definition) is 1. The topological polar surface area (TPSA) is 64.1 Å². The average molecular weight is 364 g/mol. The molecular weight excluding hydrogens is 330 g/mol. The Hall–Kier alpha value is -1.30. The summed E-state index contributed by atoms with van der Waals surface area (Å²) in [7, 11) is 0. The first-order valence-electron chi connectivity index (χ1n) is 10.5. The Morgan fingerprint density at radius 3 is 2.50 bits per heavy atom. The summed E-state index contributed by atoms with van der Waals surface area (Å²) in [5, 5.41) is 9.59. The van der Waals surface area contributed by atoms with Crippen molar-refractivity contribution >= 4 is 12.0 Å². The number of carbonyl (C=O) groups is 2. The van der Waals surface area contributed by atoms with Gasteiger partial charge in [0, 0.05) is 50.7 Å². The van der Waals surface area contributed by atoms with Crippen molar-refractivity contribution in [2.45, 2.75) is 69.9 Å². The van der Waals surface area contributed by atoms with E-state index < -0.39 is 6.09 Å². The van der Waals surface area contributed by atoms with Crippen LogP contribution < -0.4 is 0 Å². The lowest BCUT2D eigenvalue weighted by Gasteiger charge is -2.60. The van der Waals surface area contributed by atoms with Crippen LogP contribution in [-0.2, 0) is 4.79 Å². The molecule has 0 aromatic carbocycles. The van der Waals surface area contributed by atoms with Gasteiger partial charge in [-0.15, -0.1) is 0 Å². The lowest BCUT2D eigenvalue weighted by Crippen LogP contribution is -2.69. The van der Waals surface area contributed by atoms with Gasteiger partial charge >= 0.3 is 6.09 Å². The Labute approximate surface area is 156 Å². The van der Waals surface area contributed by atoms with Crippen LogP contribution in [0, 0.1) is 11.8 Å². The molecule has 3 atom stereocenters. The number of nitrogens with zero attached hydrogens (tertiary/aromatic N) is 3. The molecule has 4 saturated heterocycles. The molecule has 5 aliphatic rings. The fourth-order valence-electron chi connectivity index (χ4n) is 5.94. The minimum atomic E-state index is -0.747. The number of fused-ring (bicyclic) bond motifs is 3. The molecule has 5 rings (SSSR count). The molecule has 0 aromatic heterocycles. The lowest BCUT2D eigenvalue weighted by molar-refractivity contribution is -0.137. The second kappa shape index (κ2) is 7.02. The quantitative estimate of drug-likeness (QED) is 0.834. The summed E-state index contributed by atoms with van der Waals surface area (Å²) in [6.07, 6.45) is 7.59. The molecule has 0 spiro atoms. The van der Waals surface area contributed by atoms with Crippen molar-refractivity contribution in [1.82, 2.24) is 14.7 Å². The zero-order chi connectivity index (χ0) is 18.3. The molecule has 4 heterocycles. The number of carboxylic acid groups (broad SMARTS) is 1. The number of rotatable bonds is 4. The third kappa shape index (κ3) is 3.10. The maximum atomic E-state index is 12.5. The zero-order valence-corrected chi connectivity index (χ0v) is 16.0. The molecule has 6 nitrogen and oxygen atoms in total. The van der Waals surface area contributed by atoms with Crippen LogP contribution in [-0.4, -0.2) is 76.1 Å². The Morgan fingerprint density at radius 2 is 1.85 bits per heavy atom. The first-order chi connectivity index (χ1) is 12.5. The summed E-state index contributed by atoms with van der Waals surface area (Å²) >= 11 is 0. The highest BCUT2D eigenvalue weighted by atomic mass is 16.4. The number of piperidine rings is 3. The zero-order valence-electron chi connectivity index (χ0n) is 16.0. The Morgan fingerprint density at radius 1 is 1.12 bits per heavy atom. The van der Waals surface area contributed by atoms with Crippen molar-refractivity contribution in [2.75, 3.05) is 32.7 Å². The van der Waals surface area contributed by atoms with E-state index in [9.17, 15) is 14.7 Å². The van der Waals surface area contributed by atoms with E-state index >= 15 is 0 Å². The highest BCUT2D eigenvalue weighted by Crippen LogP contribution is 2.48. The highest BCUT2D eigenvalue weighted by Gasteiger charge is 2.54. The molecule has 1 saturated carbocycles. The van der Waals surface area contributed by atoms with E-state index in [0.717, 1.165) is 64.7 Å². The van der Waals surface area contributed by atoms with Crippen LogP contribution in [0.4, 0.5) is 4.79 Å². The fraction of sp³-hybridized carbons (Fsp3) is 0.900. The van der Waals surface area contributed by atoms with Gasteiger partial charge in [0.05, 0.1) is 0 Å². The first kappa shape index (κ1) is 18.1. The lowest BCUT2D eigenvalue weighted by atomic mass is 9.65. The molecule has 6 heteroatoms. The van der Waals surface area contributed by atoms with Gasteiger partial charge in [-0.05, 0) is 56.8 Å². The molecule has 5 fully saturated rings. The largest absolute Gasteiger partial charge is 0.465 e. The van der Waals surface area contributed by atoms with Crippen LogP contribution in [0.2, 0.25) is 0 Å². The molecule has 0 aromatic rings. The standard InChI is InChI=1S/C20H33N3O3/c1-2-20-7-6-16(14-23(20)19(25)26)17(11-20)22-12-15(13-22)10-18(24)21-8-4-3-5-9-21/h15-17H,2-14H2,1H3,(H,25,26). The van der Waals surface area contributed by atoms with E-state index in [1.54, 1.807) is 4.90 Å². The minimum absolute atomic E-state index is 0.153. The van der Waals surface area contributed by atoms with E-state index in [4.69, 9.17) is 0 Å². The van der Waals surface area contributed by atoms with E-state index in [2.05, 4.69) is 16.7 Å². The Bertz CT molecular complexity index is 557. The summed E-state index contributed by atoms with van der Waals surface area (Å²) in [4.78, 5) is 30.5. The SMILES string of the molecule is CCC12CCC(CN1C(=O)O)C(N1CC(CC(=O)N3CCCCC3)C1)C2. The summed E-state index contributed by atoms with van der Waals surface area (Å²) in [6, 6.07) is 0.514. The van der Waals surface area contributed by atoms with Gasteiger partial charge in [-0.25, -0.2) is 4.79 Å². The van der Waals surface area contributed by atoms with Gasteiger partial charge in [-0.2, -0.15) is 0 Å². The minimum Gasteiger partial charge on any atom is -0.465 e. The predicted molar refractivity (Wildman–Crippen MR) is 99.0 cm³/mol. The monoisotopic (exact) mass is 363 g/mol. The molecule has 1 aliphatic carbocycles. The van der Waals surface area contributed by atoms with Crippen LogP contribution in [0.1, 0.15) is 58.3 Å². The van der Waals surface area contributed by atoms with Crippen LogP contribution >= 0.6 is 0 Å². The molecule has 4 aliphatic heterocycles. The molecule has 146 valence electrons. The smallest absolute Gasteiger partial charge is 0.407 e. The van der Waals surface area contributed by atoms with Crippen molar-refractivity contribution < 1.29 is 14.7 Å². The fourth-order valence-corrected chi connectivity index (χ4v) is 5.94. The third-order valence-corrected chi connectivity index (χ3v) is 7.62. The van der Waals surface area contributed by atoms with Gasteiger partial charge in [0.15, 0.2) is 0 Å².